The lowest BCUT2D eigenvalue weighted by atomic mass is 10.0. The number of sulfonamides is 1. The van der Waals surface area contributed by atoms with Gasteiger partial charge in [-0.05, 0) is 38.1 Å². The van der Waals surface area contributed by atoms with Crippen molar-refractivity contribution in [3.8, 4) is 5.75 Å². The van der Waals surface area contributed by atoms with Gasteiger partial charge in [0.1, 0.15) is 11.9 Å². The van der Waals surface area contributed by atoms with Crippen LogP contribution in [0, 0.1) is 6.92 Å². The van der Waals surface area contributed by atoms with E-state index in [4.69, 9.17) is 4.74 Å². The van der Waals surface area contributed by atoms with Crippen LogP contribution in [0.2, 0.25) is 0 Å². The fourth-order valence-corrected chi connectivity index (χ4v) is 3.14. The Labute approximate surface area is 141 Å². The summed E-state index contributed by atoms with van der Waals surface area (Å²) in [7, 11) is -3.67. The third-order valence-electron chi connectivity index (χ3n) is 3.73. The van der Waals surface area contributed by atoms with Gasteiger partial charge in [0.05, 0.1) is 11.1 Å². The first kappa shape index (κ1) is 16.3. The van der Waals surface area contributed by atoms with Gasteiger partial charge in [-0.1, -0.05) is 35.9 Å². The zero-order valence-electron chi connectivity index (χ0n) is 13.4. The molecule has 1 atom stereocenters. The van der Waals surface area contributed by atoms with Gasteiger partial charge < -0.3 is 4.74 Å². The molecular weight excluding hydrogens is 324 g/mol. The van der Waals surface area contributed by atoms with Crippen LogP contribution in [0.15, 0.2) is 64.1 Å². The minimum Gasteiger partial charge on any atom is -0.485 e. The highest BCUT2D eigenvalue weighted by Crippen LogP contribution is 2.28. The summed E-state index contributed by atoms with van der Waals surface area (Å²) in [5.74, 6) is 0.808. The van der Waals surface area contributed by atoms with Gasteiger partial charge in [0.2, 0.25) is 0 Å². The smallest absolute Gasteiger partial charge is 0.276 e. The number of ether oxygens (including phenoxy) is 1. The van der Waals surface area contributed by atoms with Crippen molar-refractivity contribution in [3.05, 3.63) is 65.2 Å². The molecule has 1 unspecified atom stereocenters. The highest BCUT2D eigenvalue weighted by Gasteiger charge is 2.17. The lowest BCUT2D eigenvalue weighted by molar-refractivity contribution is 0.260. The Kier molecular flexibility index (Phi) is 4.40. The van der Waals surface area contributed by atoms with Gasteiger partial charge in [0.25, 0.3) is 10.0 Å². The molecule has 124 valence electrons. The Bertz CT molecular complexity index is 900. The topological polar surface area (TPSA) is 67.8 Å². The quantitative estimate of drug-likeness (QED) is 0.686. The molecule has 0 amide bonds. The van der Waals surface area contributed by atoms with E-state index in [2.05, 4.69) is 9.93 Å². The van der Waals surface area contributed by atoms with Gasteiger partial charge in [-0.2, -0.15) is 13.5 Å². The largest absolute Gasteiger partial charge is 0.485 e. The standard InChI is InChI=1S/C18H18N2O3S/c1-13-7-9-17(10-8-13)24(21,22)20-19-12-16-11-15-5-3-4-6-18(15)23-14(16)2/h3-12,14,20H,1-2H3/b19-12+. The first-order valence-corrected chi connectivity index (χ1v) is 9.03. The summed E-state index contributed by atoms with van der Waals surface area (Å²) >= 11 is 0. The fourth-order valence-electron chi connectivity index (χ4n) is 2.35. The van der Waals surface area contributed by atoms with Crippen LogP contribution in [0.4, 0.5) is 0 Å². The number of benzene rings is 2. The number of fused-ring (bicyclic) bond motifs is 1. The molecule has 2 aromatic carbocycles. The molecule has 6 heteroatoms. The van der Waals surface area contributed by atoms with Crippen molar-refractivity contribution in [1.29, 1.82) is 0 Å². The maximum Gasteiger partial charge on any atom is 0.276 e. The SMILES string of the molecule is Cc1ccc(S(=O)(=O)N/N=C/C2=Cc3ccccc3OC2C)cc1. The summed E-state index contributed by atoms with van der Waals surface area (Å²) in [6.45, 7) is 3.79. The van der Waals surface area contributed by atoms with E-state index >= 15 is 0 Å². The van der Waals surface area contributed by atoms with Crippen molar-refractivity contribution < 1.29 is 13.2 Å². The number of hydrogen-bond donors (Lipinski definition) is 1. The molecule has 0 saturated heterocycles. The molecule has 2 aromatic rings. The van der Waals surface area contributed by atoms with Gasteiger partial charge in [-0.15, -0.1) is 0 Å². The fraction of sp³-hybridized carbons (Fsp3) is 0.167. The summed E-state index contributed by atoms with van der Waals surface area (Å²) in [6.07, 6.45) is 3.21. The maximum atomic E-state index is 12.2. The average molecular weight is 342 g/mol. The lowest BCUT2D eigenvalue weighted by Crippen LogP contribution is -2.22. The second-order valence-electron chi connectivity index (χ2n) is 5.61. The summed E-state index contributed by atoms with van der Waals surface area (Å²) < 4.78 is 30.2. The molecule has 0 fully saturated rings. The highest BCUT2D eigenvalue weighted by molar-refractivity contribution is 7.89. The number of hydrogen-bond acceptors (Lipinski definition) is 4. The summed E-state index contributed by atoms with van der Waals surface area (Å²) in [6, 6.07) is 14.3. The monoisotopic (exact) mass is 342 g/mol. The van der Waals surface area contributed by atoms with E-state index in [1.54, 1.807) is 24.3 Å². The van der Waals surface area contributed by atoms with Gasteiger partial charge in [-0.25, -0.2) is 4.83 Å². The number of nitrogens with zero attached hydrogens (tertiary/aromatic N) is 1. The van der Waals surface area contributed by atoms with Gasteiger partial charge in [-0.3, -0.25) is 0 Å². The first-order chi connectivity index (χ1) is 11.5. The van der Waals surface area contributed by atoms with E-state index in [0.717, 1.165) is 22.4 Å². The maximum absolute atomic E-state index is 12.2. The van der Waals surface area contributed by atoms with E-state index in [-0.39, 0.29) is 11.0 Å². The molecule has 24 heavy (non-hydrogen) atoms. The zero-order valence-corrected chi connectivity index (χ0v) is 14.2. The molecule has 1 heterocycles. The van der Waals surface area contributed by atoms with Crippen LogP contribution in [-0.2, 0) is 10.0 Å². The van der Waals surface area contributed by atoms with E-state index in [1.165, 1.54) is 6.21 Å². The minimum absolute atomic E-state index is 0.178. The number of nitrogens with one attached hydrogen (secondary N) is 1. The Morgan fingerprint density at radius 2 is 1.83 bits per heavy atom. The summed E-state index contributed by atoms with van der Waals surface area (Å²) in [4.78, 5) is 2.41. The Hall–Kier alpha value is -2.60. The minimum atomic E-state index is -3.67. The predicted octanol–water partition coefficient (Wildman–Crippen LogP) is 3.12. The van der Waals surface area contributed by atoms with Crippen LogP contribution in [0.1, 0.15) is 18.1 Å². The number of aryl methyl sites for hydroxylation is 1. The highest BCUT2D eigenvalue weighted by atomic mass is 32.2. The molecular formula is C18H18N2O3S. The average Bonchev–Trinajstić information content (AvgIpc) is 2.55. The third-order valence-corrected chi connectivity index (χ3v) is 4.97. The number of para-hydroxylation sites is 1. The second-order valence-corrected chi connectivity index (χ2v) is 7.27. The Morgan fingerprint density at radius 3 is 2.58 bits per heavy atom. The van der Waals surface area contributed by atoms with E-state index in [0.29, 0.717) is 0 Å². The van der Waals surface area contributed by atoms with Crippen molar-refractivity contribution in [2.45, 2.75) is 24.8 Å². The molecule has 1 N–H and O–H groups in total. The molecule has 0 spiro atoms. The van der Waals surface area contributed by atoms with Gasteiger partial charge in [0.15, 0.2) is 0 Å². The van der Waals surface area contributed by atoms with Crippen LogP contribution in [0.5, 0.6) is 5.75 Å². The van der Waals surface area contributed by atoms with Crippen LogP contribution in [0.3, 0.4) is 0 Å². The Morgan fingerprint density at radius 1 is 1.12 bits per heavy atom. The van der Waals surface area contributed by atoms with Crippen molar-refractivity contribution in [2.24, 2.45) is 5.10 Å². The van der Waals surface area contributed by atoms with Crippen LogP contribution in [-0.4, -0.2) is 20.7 Å². The van der Waals surface area contributed by atoms with Crippen molar-refractivity contribution in [1.82, 2.24) is 4.83 Å². The third kappa shape index (κ3) is 3.49. The van der Waals surface area contributed by atoms with Crippen LogP contribution >= 0.6 is 0 Å². The predicted molar refractivity (Wildman–Crippen MR) is 94.5 cm³/mol. The van der Waals surface area contributed by atoms with E-state index in [9.17, 15) is 8.42 Å². The molecule has 1 aliphatic rings. The van der Waals surface area contributed by atoms with E-state index < -0.39 is 10.0 Å². The summed E-state index contributed by atoms with van der Waals surface area (Å²) in [5.41, 5.74) is 2.73. The number of hydrazone groups is 1. The van der Waals surface area contributed by atoms with Crippen molar-refractivity contribution in [2.75, 3.05) is 0 Å². The normalized spacial score (nSPS) is 17.1. The molecule has 0 aliphatic carbocycles. The van der Waals surface area contributed by atoms with Gasteiger partial charge >= 0.3 is 0 Å². The molecule has 0 bridgehead atoms. The molecule has 1 aliphatic heterocycles. The number of rotatable bonds is 4. The Balaban J connectivity index is 1.77. The first-order valence-electron chi connectivity index (χ1n) is 7.54. The molecule has 0 aromatic heterocycles. The molecule has 3 rings (SSSR count). The zero-order chi connectivity index (χ0) is 17.2. The molecule has 5 nitrogen and oxygen atoms in total. The second kappa shape index (κ2) is 6.49. The van der Waals surface area contributed by atoms with Crippen LogP contribution in [0.25, 0.3) is 6.08 Å². The van der Waals surface area contributed by atoms with E-state index in [1.807, 2.05) is 44.2 Å². The molecule has 0 radical (unpaired) electrons. The van der Waals surface area contributed by atoms with Crippen LogP contribution < -0.4 is 9.57 Å². The lowest BCUT2D eigenvalue weighted by Gasteiger charge is -2.22. The van der Waals surface area contributed by atoms with Crippen molar-refractivity contribution >= 4 is 22.3 Å². The summed E-state index contributed by atoms with van der Waals surface area (Å²) in [5, 5.41) is 3.88. The van der Waals surface area contributed by atoms with Gasteiger partial charge in [0, 0.05) is 11.1 Å². The van der Waals surface area contributed by atoms with Crippen molar-refractivity contribution in [3.63, 3.8) is 0 Å². The molecule has 0 saturated carbocycles.